The maximum Gasteiger partial charge on any atom is 0.226 e. The van der Waals surface area contributed by atoms with Gasteiger partial charge in [-0.2, -0.15) is 9.36 Å². The van der Waals surface area contributed by atoms with Crippen LogP contribution in [0.4, 0.5) is 5.13 Å². The Bertz CT molecular complexity index is 539. The number of carbonyl (C=O) groups is 1. The summed E-state index contributed by atoms with van der Waals surface area (Å²) in [5.74, 6) is 0.621. The highest BCUT2D eigenvalue weighted by Crippen LogP contribution is 2.22. The van der Waals surface area contributed by atoms with E-state index in [2.05, 4.69) is 30.6 Å². The van der Waals surface area contributed by atoms with E-state index in [9.17, 15) is 4.79 Å². The molecule has 0 atom stereocenters. The normalized spacial score (nSPS) is 10.3. The number of halogens is 1. The van der Waals surface area contributed by atoms with Gasteiger partial charge in [0.05, 0.1) is 0 Å². The van der Waals surface area contributed by atoms with Crippen LogP contribution in [0.3, 0.4) is 0 Å². The highest BCUT2D eigenvalue weighted by Gasteiger charge is 2.08. The van der Waals surface area contributed by atoms with Crippen LogP contribution in [0.1, 0.15) is 19.8 Å². The molecule has 0 aliphatic rings. The molecule has 1 heterocycles. The summed E-state index contributed by atoms with van der Waals surface area (Å²) in [4.78, 5) is 15.7. The first-order valence-corrected chi connectivity index (χ1v) is 7.15. The number of nitrogens with zero attached hydrogens (tertiary/aromatic N) is 2. The maximum atomic E-state index is 11.4. The van der Waals surface area contributed by atoms with Gasteiger partial charge in [-0.25, -0.2) is 0 Å². The minimum atomic E-state index is -0.0176. The highest BCUT2D eigenvalue weighted by molar-refractivity contribution is 9.10. The molecule has 0 aliphatic heterocycles. The predicted octanol–water partition coefficient (Wildman–Crippen LogP) is 3.71. The molecule has 0 saturated carbocycles. The lowest BCUT2D eigenvalue weighted by molar-refractivity contribution is -0.116. The zero-order valence-corrected chi connectivity index (χ0v) is 12.2. The van der Waals surface area contributed by atoms with E-state index in [1.54, 1.807) is 0 Å². The van der Waals surface area contributed by atoms with Crippen molar-refractivity contribution >= 4 is 38.5 Å². The maximum absolute atomic E-state index is 11.4. The third kappa shape index (κ3) is 3.36. The van der Waals surface area contributed by atoms with Gasteiger partial charge in [-0.1, -0.05) is 35.0 Å². The van der Waals surface area contributed by atoms with E-state index < -0.39 is 0 Å². The Morgan fingerprint density at radius 2 is 2.11 bits per heavy atom. The van der Waals surface area contributed by atoms with Crippen LogP contribution in [0.5, 0.6) is 0 Å². The third-order valence-electron chi connectivity index (χ3n) is 2.25. The van der Waals surface area contributed by atoms with Crippen LogP contribution in [0.2, 0.25) is 0 Å². The second kappa shape index (κ2) is 6.06. The quantitative estimate of drug-likeness (QED) is 0.932. The molecule has 0 unspecified atom stereocenters. The average molecular weight is 326 g/mol. The fraction of sp³-hybridized carbons (Fsp3) is 0.250. The van der Waals surface area contributed by atoms with Crippen molar-refractivity contribution in [1.29, 1.82) is 0 Å². The summed E-state index contributed by atoms with van der Waals surface area (Å²) in [6, 6.07) is 7.74. The highest BCUT2D eigenvalue weighted by atomic mass is 79.9. The van der Waals surface area contributed by atoms with Crippen molar-refractivity contribution in [3.8, 4) is 11.4 Å². The van der Waals surface area contributed by atoms with E-state index >= 15 is 0 Å². The monoisotopic (exact) mass is 325 g/mol. The van der Waals surface area contributed by atoms with E-state index in [1.165, 1.54) is 11.5 Å². The summed E-state index contributed by atoms with van der Waals surface area (Å²) in [5, 5.41) is 3.29. The summed E-state index contributed by atoms with van der Waals surface area (Å²) in [5.41, 5.74) is 0.936. The zero-order chi connectivity index (χ0) is 13.0. The molecule has 0 radical (unpaired) electrons. The molecule has 0 aliphatic carbocycles. The van der Waals surface area contributed by atoms with Crippen molar-refractivity contribution in [2.75, 3.05) is 5.32 Å². The van der Waals surface area contributed by atoms with Crippen LogP contribution >= 0.6 is 27.5 Å². The van der Waals surface area contributed by atoms with Gasteiger partial charge in [-0.3, -0.25) is 4.79 Å². The van der Waals surface area contributed by atoms with Gasteiger partial charge in [0.1, 0.15) is 0 Å². The first-order chi connectivity index (χ1) is 8.69. The van der Waals surface area contributed by atoms with Crippen molar-refractivity contribution in [2.24, 2.45) is 0 Å². The number of benzene rings is 1. The second-order valence-corrected chi connectivity index (χ2v) is 5.40. The molecule has 1 aromatic heterocycles. The lowest BCUT2D eigenvalue weighted by atomic mass is 10.2. The van der Waals surface area contributed by atoms with Crippen LogP contribution in [-0.2, 0) is 4.79 Å². The van der Waals surface area contributed by atoms with Gasteiger partial charge in [0, 0.05) is 28.0 Å². The lowest BCUT2D eigenvalue weighted by Crippen LogP contribution is -2.10. The van der Waals surface area contributed by atoms with Crippen molar-refractivity contribution in [2.45, 2.75) is 19.8 Å². The smallest absolute Gasteiger partial charge is 0.226 e. The fourth-order valence-electron chi connectivity index (χ4n) is 1.40. The van der Waals surface area contributed by atoms with Crippen LogP contribution < -0.4 is 5.32 Å². The number of nitrogens with one attached hydrogen (secondary N) is 1. The predicted molar refractivity (Wildman–Crippen MR) is 76.6 cm³/mol. The molecule has 1 N–H and O–H groups in total. The first-order valence-electron chi connectivity index (χ1n) is 5.58. The summed E-state index contributed by atoms with van der Waals surface area (Å²) in [7, 11) is 0. The molecule has 0 spiro atoms. The SMILES string of the molecule is CCCC(=O)Nc1nc(-c2ccc(Br)cc2)ns1. The van der Waals surface area contributed by atoms with E-state index in [4.69, 9.17) is 0 Å². The number of carbonyl (C=O) groups excluding carboxylic acids is 1. The summed E-state index contributed by atoms with van der Waals surface area (Å²) >= 11 is 4.58. The molecular weight excluding hydrogens is 314 g/mol. The Balaban J connectivity index is 2.10. The Hall–Kier alpha value is -1.27. The number of aromatic nitrogens is 2. The van der Waals surface area contributed by atoms with E-state index in [-0.39, 0.29) is 5.91 Å². The molecule has 1 aromatic carbocycles. The minimum Gasteiger partial charge on any atom is -0.301 e. The molecule has 0 bridgehead atoms. The number of anilines is 1. The van der Waals surface area contributed by atoms with Gasteiger partial charge in [-0.15, -0.1) is 0 Å². The second-order valence-electron chi connectivity index (χ2n) is 3.73. The molecule has 0 fully saturated rings. The zero-order valence-electron chi connectivity index (χ0n) is 9.81. The Labute approximate surface area is 118 Å². The first kappa shape index (κ1) is 13.2. The number of amides is 1. The van der Waals surface area contributed by atoms with Gasteiger partial charge in [0.15, 0.2) is 5.82 Å². The Kier molecular flexibility index (Phi) is 4.43. The fourth-order valence-corrected chi connectivity index (χ4v) is 2.27. The summed E-state index contributed by atoms with van der Waals surface area (Å²) < 4.78 is 5.24. The lowest BCUT2D eigenvalue weighted by Gasteiger charge is -1.97. The number of rotatable bonds is 4. The van der Waals surface area contributed by atoms with Crippen molar-refractivity contribution in [3.05, 3.63) is 28.7 Å². The summed E-state index contributed by atoms with van der Waals surface area (Å²) in [6.07, 6.45) is 1.33. The van der Waals surface area contributed by atoms with Gasteiger partial charge in [-0.05, 0) is 18.6 Å². The van der Waals surface area contributed by atoms with Crippen molar-refractivity contribution < 1.29 is 4.79 Å². The molecule has 94 valence electrons. The molecular formula is C12H12BrN3OS. The van der Waals surface area contributed by atoms with Crippen LogP contribution in [-0.4, -0.2) is 15.3 Å². The molecule has 1 amide bonds. The molecule has 18 heavy (non-hydrogen) atoms. The molecule has 0 saturated heterocycles. The minimum absolute atomic E-state index is 0.0176. The Morgan fingerprint density at radius 1 is 1.39 bits per heavy atom. The van der Waals surface area contributed by atoms with Crippen LogP contribution in [0.25, 0.3) is 11.4 Å². The molecule has 4 nitrogen and oxygen atoms in total. The van der Waals surface area contributed by atoms with E-state index in [0.29, 0.717) is 17.4 Å². The van der Waals surface area contributed by atoms with Crippen molar-refractivity contribution in [1.82, 2.24) is 9.36 Å². The van der Waals surface area contributed by atoms with Gasteiger partial charge < -0.3 is 5.32 Å². The average Bonchev–Trinajstić information content (AvgIpc) is 2.78. The third-order valence-corrected chi connectivity index (χ3v) is 3.41. The molecule has 2 rings (SSSR count). The van der Waals surface area contributed by atoms with Gasteiger partial charge in [0.25, 0.3) is 0 Å². The van der Waals surface area contributed by atoms with Crippen LogP contribution in [0.15, 0.2) is 28.7 Å². The Morgan fingerprint density at radius 3 is 2.78 bits per heavy atom. The summed E-state index contributed by atoms with van der Waals surface area (Å²) in [6.45, 7) is 1.97. The van der Waals surface area contributed by atoms with Gasteiger partial charge in [0.2, 0.25) is 11.0 Å². The van der Waals surface area contributed by atoms with Crippen LogP contribution in [0, 0.1) is 0 Å². The topological polar surface area (TPSA) is 54.9 Å². The largest absolute Gasteiger partial charge is 0.301 e. The van der Waals surface area contributed by atoms with Crippen molar-refractivity contribution in [3.63, 3.8) is 0 Å². The van der Waals surface area contributed by atoms with Gasteiger partial charge >= 0.3 is 0 Å². The number of hydrogen-bond acceptors (Lipinski definition) is 4. The van der Waals surface area contributed by atoms with E-state index in [1.807, 2.05) is 31.2 Å². The van der Waals surface area contributed by atoms with E-state index in [0.717, 1.165) is 16.5 Å². The number of hydrogen-bond donors (Lipinski definition) is 1. The molecule has 6 heteroatoms. The standard InChI is InChI=1S/C12H12BrN3OS/c1-2-3-10(17)14-12-15-11(16-18-12)8-4-6-9(13)7-5-8/h4-7H,2-3H2,1H3,(H,14,15,16,17). The molecule has 2 aromatic rings.